The van der Waals surface area contributed by atoms with Crippen LogP contribution in [0.25, 0.3) is 0 Å². The number of halogens is 1. The highest BCUT2D eigenvalue weighted by molar-refractivity contribution is 6.62. The van der Waals surface area contributed by atoms with E-state index in [2.05, 4.69) is 38.2 Å². The lowest BCUT2D eigenvalue weighted by molar-refractivity contribution is 0.257. The molecule has 0 aliphatic rings. The van der Waals surface area contributed by atoms with Crippen LogP contribution < -0.4 is 10.1 Å². The van der Waals surface area contributed by atoms with Gasteiger partial charge >= 0.3 is 5.37 Å². The molecule has 0 fully saturated rings. The third-order valence-corrected chi connectivity index (χ3v) is 3.20. The zero-order valence-corrected chi connectivity index (χ0v) is 12.1. The SMILES string of the molecule is CCc1ccc(OC)c(C(C)(C)CNC(=O)Cl)c1. The maximum atomic E-state index is 10.8. The molecule has 18 heavy (non-hydrogen) atoms. The number of rotatable bonds is 5. The highest BCUT2D eigenvalue weighted by Crippen LogP contribution is 2.32. The minimum absolute atomic E-state index is 0.235. The van der Waals surface area contributed by atoms with E-state index in [1.807, 2.05) is 6.07 Å². The van der Waals surface area contributed by atoms with Gasteiger partial charge in [0.15, 0.2) is 0 Å². The van der Waals surface area contributed by atoms with Crippen molar-refractivity contribution in [2.24, 2.45) is 0 Å². The third kappa shape index (κ3) is 3.64. The third-order valence-electron chi connectivity index (χ3n) is 3.07. The predicted octanol–water partition coefficient (Wildman–Crippen LogP) is 3.48. The van der Waals surface area contributed by atoms with Gasteiger partial charge in [-0.15, -0.1) is 0 Å². The standard InChI is InChI=1S/C14H20ClNO2/c1-5-10-6-7-12(18-4)11(8-10)14(2,3)9-16-13(15)17/h6-8H,5,9H2,1-4H3,(H,16,17). The summed E-state index contributed by atoms with van der Waals surface area (Å²) in [4.78, 5) is 10.8. The molecule has 0 heterocycles. The van der Waals surface area contributed by atoms with Gasteiger partial charge < -0.3 is 10.1 Å². The first-order chi connectivity index (χ1) is 8.40. The average molecular weight is 270 g/mol. The van der Waals surface area contributed by atoms with Crippen LogP contribution in [0.1, 0.15) is 31.9 Å². The second-order valence-electron chi connectivity index (χ2n) is 4.90. The van der Waals surface area contributed by atoms with Crippen molar-refractivity contribution < 1.29 is 9.53 Å². The molecule has 0 spiro atoms. The number of amides is 1. The minimum Gasteiger partial charge on any atom is -0.496 e. The first-order valence-electron chi connectivity index (χ1n) is 6.01. The van der Waals surface area contributed by atoms with Crippen molar-refractivity contribution >= 4 is 17.0 Å². The maximum absolute atomic E-state index is 10.8. The van der Waals surface area contributed by atoms with Crippen molar-refractivity contribution in [3.05, 3.63) is 29.3 Å². The largest absolute Gasteiger partial charge is 0.496 e. The van der Waals surface area contributed by atoms with E-state index < -0.39 is 5.37 Å². The van der Waals surface area contributed by atoms with Gasteiger partial charge in [-0.25, -0.2) is 0 Å². The molecule has 4 heteroatoms. The van der Waals surface area contributed by atoms with Crippen LogP contribution >= 0.6 is 11.6 Å². The summed E-state index contributed by atoms with van der Waals surface area (Å²) in [5.74, 6) is 0.834. The highest BCUT2D eigenvalue weighted by Gasteiger charge is 2.25. The Kier molecular flexibility index (Phi) is 5.03. The second kappa shape index (κ2) is 6.10. The normalized spacial score (nSPS) is 11.2. The van der Waals surface area contributed by atoms with E-state index in [9.17, 15) is 4.79 Å². The van der Waals surface area contributed by atoms with Crippen LogP contribution in [0.15, 0.2) is 18.2 Å². The van der Waals surface area contributed by atoms with E-state index in [1.54, 1.807) is 7.11 Å². The molecule has 0 aromatic heterocycles. The Hall–Kier alpha value is -1.22. The Morgan fingerprint density at radius 3 is 2.61 bits per heavy atom. The second-order valence-corrected chi connectivity index (χ2v) is 5.24. The van der Waals surface area contributed by atoms with Crippen molar-refractivity contribution in [3.63, 3.8) is 0 Å². The number of hydrogen-bond acceptors (Lipinski definition) is 2. The number of methoxy groups -OCH3 is 1. The summed E-state index contributed by atoms with van der Waals surface area (Å²) >= 11 is 5.32. The van der Waals surface area contributed by atoms with Crippen LogP contribution in [0.5, 0.6) is 5.75 Å². The molecule has 100 valence electrons. The first kappa shape index (κ1) is 14.8. The average Bonchev–Trinajstić information content (AvgIpc) is 2.35. The van der Waals surface area contributed by atoms with Gasteiger partial charge in [-0.05, 0) is 29.7 Å². The molecular weight excluding hydrogens is 250 g/mol. The summed E-state index contributed by atoms with van der Waals surface area (Å²) in [7, 11) is 1.65. The van der Waals surface area contributed by atoms with Crippen LogP contribution in [0.3, 0.4) is 0 Å². The molecular formula is C14H20ClNO2. The zero-order chi connectivity index (χ0) is 13.8. The number of hydrogen-bond donors (Lipinski definition) is 1. The van der Waals surface area contributed by atoms with Crippen molar-refractivity contribution in [1.82, 2.24) is 5.32 Å². The highest BCUT2D eigenvalue weighted by atomic mass is 35.5. The lowest BCUT2D eigenvalue weighted by Gasteiger charge is -2.27. The lowest BCUT2D eigenvalue weighted by atomic mass is 9.83. The van der Waals surface area contributed by atoms with Gasteiger partial charge in [0.2, 0.25) is 0 Å². The molecule has 1 amide bonds. The van der Waals surface area contributed by atoms with Crippen LogP contribution in [0.4, 0.5) is 4.79 Å². The fourth-order valence-corrected chi connectivity index (χ4v) is 1.96. The summed E-state index contributed by atoms with van der Waals surface area (Å²) in [5.41, 5.74) is 2.09. The molecule has 1 rings (SSSR count). The topological polar surface area (TPSA) is 38.3 Å². The number of aryl methyl sites for hydroxylation is 1. The molecule has 1 N–H and O–H groups in total. The van der Waals surface area contributed by atoms with Gasteiger partial charge in [-0.1, -0.05) is 32.9 Å². The monoisotopic (exact) mass is 269 g/mol. The Balaban J connectivity index is 3.07. The summed E-state index contributed by atoms with van der Waals surface area (Å²) in [6.45, 7) is 6.69. The molecule has 0 bridgehead atoms. The molecule has 0 radical (unpaired) electrons. The van der Waals surface area contributed by atoms with E-state index in [-0.39, 0.29) is 5.41 Å². The maximum Gasteiger partial charge on any atom is 0.313 e. The lowest BCUT2D eigenvalue weighted by Crippen LogP contribution is -2.34. The molecule has 0 aliphatic carbocycles. The van der Waals surface area contributed by atoms with E-state index >= 15 is 0 Å². The number of nitrogens with one attached hydrogen (secondary N) is 1. The van der Waals surface area contributed by atoms with E-state index in [0.29, 0.717) is 6.54 Å². The summed E-state index contributed by atoms with van der Waals surface area (Å²) in [6.07, 6.45) is 0.967. The quantitative estimate of drug-likeness (QED) is 0.656. The molecule has 1 aromatic carbocycles. The van der Waals surface area contributed by atoms with Crippen molar-refractivity contribution in [1.29, 1.82) is 0 Å². The minimum atomic E-state index is -0.534. The van der Waals surface area contributed by atoms with Crippen LogP contribution in [-0.2, 0) is 11.8 Å². The number of carbonyl (C=O) groups is 1. The van der Waals surface area contributed by atoms with Gasteiger partial charge in [-0.2, -0.15) is 0 Å². The van der Waals surface area contributed by atoms with Crippen LogP contribution in [0.2, 0.25) is 0 Å². The molecule has 0 saturated heterocycles. The number of carbonyl (C=O) groups excluding carboxylic acids is 1. The van der Waals surface area contributed by atoms with E-state index in [4.69, 9.17) is 16.3 Å². The fraction of sp³-hybridized carbons (Fsp3) is 0.500. The number of benzene rings is 1. The van der Waals surface area contributed by atoms with E-state index in [1.165, 1.54) is 5.56 Å². The van der Waals surface area contributed by atoms with Crippen LogP contribution in [0, 0.1) is 0 Å². The predicted molar refractivity (Wildman–Crippen MR) is 74.6 cm³/mol. The molecule has 0 atom stereocenters. The van der Waals surface area contributed by atoms with Gasteiger partial charge in [0, 0.05) is 17.5 Å². The molecule has 0 unspecified atom stereocenters. The molecule has 3 nitrogen and oxygen atoms in total. The zero-order valence-electron chi connectivity index (χ0n) is 11.3. The Labute approximate surface area is 113 Å². The molecule has 0 aliphatic heterocycles. The summed E-state index contributed by atoms with van der Waals surface area (Å²) in [6, 6.07) is 6.15. The Morgan fingerprint density at radius 2 is 2.11 bits per heavy atom. The van der Waals surface area contributed by atoms with Gasteiger partial charge in [0.25, 0.3) is 0 Å². The molecule has 1 aromatic rings. The summed E-state index contributed by atoms with van der Waals surface area (Å²) < 4.78 is 5.39. The van der Waals surface area contributed by atoms with Crippen molar-refractivity contribution in [3.8, 4) is 5.75 Å². The first-order valence-corrected chi connectivity index (χ1v) is 6.39. The van der Waals surface area contributed by atoms with Crippen LogP contribution in [-0.4, -0.2) is 19.0 Å². The smallest absolute Gasteiger partial charge is 0.313 e. The van der Waals surface area contributed by atoms with E-state index in [0.717, 1.165) is 17.7 Å². The summed E-state index contributed by atoms with van der Waals surface area (Å²) in [5, 5.41) is 2.11. The fourth-order valence-electron chi connectivity index (χ4n) is 1.89. The van der Waals surface area contributed by atoms with Crippen molar-refractivity contribution in [2.75, 3.05) is 13.7 Å². The van der Waals surface area contributed by atoms with Gasteiger partial charge in [0.1, 0.15) is 5.75 Å². The molecule has 0 saturated carbocycles. The van der Waals surface area contributed by atoms with Gasteiger partial charge in [-0.3, -0.25) is 4.79 Å². The van der Waals surface area contributed by atoms with Gasteiger partial charge in [0.05, 0.1) is 7.11 Å². The Morgan fingerprint density at radius 1 is 1.44 bits per heavy atom. The number of ether oxygens (including phenoxy) is 1. The Bertz CT molecular complexity index is 430. The van der Waals surface area contributed by atoms with Crippen molar-refractivity contribution in [2.45, 2.75) is 32.6 Å².